The van der Waals surface area contributed by atoms with Crippen LogP contribution in [0.25, 0.3) is 0 Å². The molecule has 2 nitrogen and oxygen atoms in total. The predicted octanol–water partition coefficient (Wildman–Crippen LogP) is 3.79. The van der Waals surface area contributed by atoms with Crippen LogP contribution >= 0.6 is 11.8 Å². The molecule has 16 heavy (non-hydrogen) atoms. The Kier molecular flexibility index (Phi) is 6.31. The summed E-state index contributed by atoms with van der Waals surface area (Å²) in [5.41, 5.74) is 1.36. The average molecular weight is 238 g/mol. The fraction of sp³-hybridized carbons (Fsp3) is 0.615. The molecule has 3 heteroatoms. The molecule has 0 aliphatic heterocycles. The third-order valence-corrected chi connectivity index (χ3v) is 3.54. The van der Waals surface area contributed by atoms with Crippen molar-refractivity contribution >= 4 is 17.6 Å². The topological polar surface area (TPSA) is 24.9 Å². The van der Waals surface area contributed by atoms with E-state index in [1.54, 1.807) is 0 Å². The minimum absolute atomic E-state index is 0.768. The van der Waals surface area contributed by atoms with E-state index in [9.17, 15) is 0 Å². The van der Waals surface area contributed by atoms with Crippen molar-refractivity contribution in [2.24, 2.45) is 5.92 Å². The van der Waals surface area contributed by atoms with Gasteiger partial charge in [0.2, 0.25) is 0 Å². The second-order valence-electron chi connectivity index (χ2n) is 4.39. The third kappa shape index (κ3) is 5.40. The lowest BCUT2D eigenvalue weighted by atomic mass is 10.3. The summed E-state index contributed by atoms with van der Waals surface area (Å²) in [6.45, 7) is 7.67. The molecular weight excluding hydrogens is 216 g/mol. The van der Waals surface area contributed by atoms with Crippen LogP contribution in [-0.2, 0) is 5.75 Å². The largest absolute Gasteiger partial charge is 0.370 e. The molecule has 0 aliphatic rings. The van der Waals surface area contributed by atoms with Gasteiger partial charge in [0.1, 0.15) is 5.82 Å². The van der Waals surface area contributed by atoms with Gasteiger partial charge in [0.25, 0.3) is 0 Å². The highest BCUT2D eigenvalue weighted by atomic mass is 32.2. The lowest BCUT2D eigenvalue weighted by molar-refractivity contribution is 0.750. The molecule has 0 fully saturated rings. The number of rotatable bonds is 7. The maximum absolute atomic E-state index is 4.30. The van der Waals surface area contributed by atoms with Crippen LogP contribution in [0.15, 0.2) is 18.3 Å². The maximum atomic E-state index is 4.30. The van der Waals surface area contributed by atoms with Crippen LogP contribution in [0.5, 0.6) is 0 Å². The molecule has 1 aromatic rings. The van der Waals surface area contributed by atoms with Gasteiger partial charge >= 0.3 is 0 Å². The number of aromatic nitrogens is 1. The van der Waals surface area contributed by atoms with Crippen molar-refractivity contribution in [2.45, 2.75) is 32.9 Å². The molecule has 1 aromatic heterocycles. The highest BCUT2D eigenvalue weighted by Crippen LogP contribution is 2.16. The van der Waals surface area contributed by atoms with E-state index < -0.39 is 0 Å². The number of nitrogens with one attached hydrogen (secondary N) is 1. The number of hydrogen-bond donors (Lipinski definition) is 1. The van der Waals surface area contributed by atoms with E-state index in [2.05, 4.69) is 43.2 Å². The Bertz CT molecular complexity index is 300. The Morgan fingerprint density at radius 1 is 1.44 bits per heavy atom. The Hall–Kier alpha value is -0.700. The summed E-state index contributed by atoms with van der Waals surface area (Å²) in [6, 6.07) is 4.26. The van der Waals surface area contributed by atoms with Gasteiger partial charge in [-0.05, 0) is 35.8 Å². The molecule has 0 aromatic carbocycles. The van der Waals surface area contributed by atoms with Crippen molar-refractivity contribution < 1.29 is 0 Å². The van der Waals surface area contributed by atoms with Gasteiger partial charge in [-0.2, -0.15) is 11.8 Å². The SMILES string of the molecule is CCCNc1cc(CSCC(C)C)ccn1. The molecule has 0 unspecified atom stereocenters. The van der Waals surface area contributed by atoms with Crippen LogP contribution in [0, 0.1) is 5.92 Å². The van der Waals surface area contributed by atoms with Gasteiger partial charge in [0.05, 0.1) is 0 Å². The monoisotopic (exact) mass is 238 g/mol. The van der Waals surface area contributed by atoms with Crippen molar-refractivity contribution in [1.29, 1.82) is 0 Å². The summed E-state index contributed by atoms with van der Waals surface area (Å²) >= 11 is 1.99. The Balaban J connectivity index is 2.40. The van der Waals surface area contributed by atoms with Crippen molar-refractivity contribution in [3.63, 3.8) is 0 Å². The van der Waals surface area contributed by atoms with Gasteiger partial charge in [0, 0.05) is 18.5 Å². The molecule has 0 bridgehead atoms. The summed E-state index contributed by atoms with van der Waals surface area (Å²) in [4.78, 5) is 4.30. The van der Waals surface area contributed by atoms with Gasteiger partial charge in [-0.25, -0.2) is 4.98 Å². The lowest BCUT2D eigenvalue weighted by Gasteiger charge is -2.07. The third-order valence-electron chi connectivity index (χ3n) is 2.10. The van der Waals surface area contributed by atoms with Crippen LogP contribution in [-0.4, -0.2) is 17.3 Å². The first kappa shape index (κ1) is 13.4. The molecule has 0 atom stereocenters. The van der Waals surface area contributed by atoms with Crippen molar-refractivity contribution in [2.75, 3.05) is 17.6 Å². The number of pyridine rings is 1. The number of hydrogen-bond acceptors (Lipinski definition) is 3. The smallest absolute Gasteiger partial charge is 0.126 e. The van der Waals surface area contributed by atoms with E-state index in [1.165, 1.54) is 11.3 Å². The van der Waals surface area contributed by atoms with E-state index in [0.29, 0.717) is 0 Å². The molecule has 0 spiro atoms. The van der Waals surface area contributed by atoms with Crippen LogP contribution in [0.4, 0.5) is 5.82 Å². The first-order valence-electron chi connectivity index (χ1n) is 5.99. The molecular formula is C13H22N2S. The summed E-state index contributed by atoms with van der Waals surface area (Å²) in [7, 11) is 0. The maximum Gasteiger partial charge on any atom is 0.126 e. The van der Waals surface area contributed by atoms with E-state index in [-0.39, 0.29) is 0 Å². The van der Waals surface area contributed by atoms with Gasteiger partial charge in [0.15, 0.2) is 0 Å². The van der Waals surface area contributed by atoms with Crippen molar-refractivity contribution in [3.8, 4) is 0 Å². The summed E-state index contributed by atoms with van der Waals surface area (Å²) in [5, 5.41) is 3.31. The molecule has 90 valence electrons. The number of anilines is 1. The second-order valence-corrected chi connectivity index (χ2v) is 5.42. The van der Waals surface area contributed by atoms with Gasteiger partial charge < -0.3 is 5.32 Å². The summed E-state index contributed by atoms with van der Waals surface area (Å²) in [6.07, 6.45) is 3.03. The molecule has 1 heterocycles. The van der Waals surface area contributed by atoms with Gasteiger partial charge in [-0.15, -0.1) is 0 Å². The van der Waals surface area contributed by atoms with E-state index in [1.807, 2.05) is 18.0 Å². The highest BCUT2D eigenvalue weighted by molar-refractivity contribution is 7.98. The second kappa shape index (κ2) is 7.55. The first-order chi connectivity index (χ1) is 7.72. The Labute approximate surface area is 103 Å². The van der Waals surface area contributed by atoms with E-state index in [4.69, 9.17) is 0 Å². The zero-order chi connectivity index (χ0) is 11.8. The molecule has 0 saturated heterocycles. The zero-order valence-electron chi connectivity index (χ0n) is 10.5. The predicted molar refractivity (Wildman–Crippen MR) is 74.0 cm³/mol. The number of thioether (sulfide) groups is 1. The lowest BCUT2D eigenvalue weighted by Crippen LogP contribution is -2.02. The number of nitrogens with zero attached hydrogens (tertiary/aromatic N) is 1. The molecule has 0 amide bonds. The van der Waals surface area contributed by atoms with Crippen molar-refractivity contribution in [1.82, 2.24) is 4.98 Å². The van der Waals surface area contributed by atoms with E-state index >= 15 is 0 Å². The zero-order valence-corrected chi connectivity index (χ0v) is 11.3. The average Bonchev–Trinajstić information content (AvgIpc) is 2.26. The van der Waals surface area contributed by atoms with Crippen LogP contribution in [0.3, 0.4) is 0 Å². The molecule has 0 saturated carbocycles. The van der Waals surface area contributed by atoms with Crippen LogP contribution in [0.1, 0.15) is 32.8 Å². The molecule has 0 aliphatic carbocycles. The van der Waals surface area contributed by atoms with Gasteiger partial charge in [-0.3, -0.25) is 0 Å². The molecule has 1 N–H and O–H groups in total. The van der Waals surface area contributed by atoms with Crippen molar-refractivity contribution in [3.05, 3.63) is 23.9 Å². The first-order valence-corrected chi connectivity index (χ1v) is 7.14. The fourth-order valence-electron chi connectivity index (χ4n) is 1.33. The molecule has 1 rings (SSSR count). The summed E-state index contributed by atoms with van der Waals surface area (Å²) in [5.74, 6) is 4.08. The normalized spacial score (nSPS) is 10.8. The minimum Gasteiger partial charge on any atom is -0.370 e. The Morgan fingerprint density at radius 3 is 2.94 bits per heavy atom. The molecule has 0 radical (unpaired) electrons. The van der Waals surface area contributed by atoms with Crippen LogP contribution < -0.4 is 5.32 Å². The Morgan fingerprint density at radius 2 is 2.25 bits per heavy atom. The standard InChI is InChI=1S/C13H22N2S/c1-4-6-14-13-8-12(5-7-15-13)10-16-9-11(2)3/h5,7-8,11H,4,6,9-10H2,1-3H3,(H,14,15). The van der Waals surface area contributed by atoms with E-state index in [0.717, 1.165) is 30.5 Å². The van der Waals surface area contributed by atoms with Gasteiger partial charge in [-0.1, -0.05) is 20.8 Å². The van der Waals surface area contributed by atoms with Crippen LogP contribution in [0.2, 0.25) is 0 Å². The minimum atomic E-state index is 0.768. The quantitative estimate of drug-likeness (QED) is 0.782. The fourth-order valence-corrected chi connectivity index (χ4v) is 2.33. The highest BCUT2D eigenvalue weighted by Gasteiger charge is 1.99. The summed E-state index contributed by atoms with van der Waals surface area (Å²) < 4.78 is 0.